The second kappa shape index (κ2) is 8.40. The maximum atomic E-state index is 12.3. The number of carbonyl (C=O) groups excluding carboxylic acids is 1. The lowest BCUT2D eigenvalue weighted by molar-refractivity contribution is -0.121. The molecule has 0 radical (unpaired) electrons. The fraction of sp³-hybridized carbons (Fsp3) is 0.238. The Morgan fingerprint density at radius 3 is 2.52 bits per heavy atom. The second-order valence-electron chi connectivity index (χ2n) is 6.13. The molecule has 140 valence electrons. The summed E-state index contributed by atoms with van der Waals surface area (Å²) in [5.41, 5.74) is 2.42. The molecule has 0 aliphatic rings. The van der Waals surface area contributed by atoms with E-state index < -0.39 is 0 Å². The standard InChI is InChI=1S/C21H22N2O4/c1-14(15-7-5-4-6-8-15)22-21(24)13-17-12-19(27-23-17)16-9-10-18(25-2)20(11-16)26-3/h4-12,14H,13H2,1-3H3,(H,22,24)/t14-/m0/s1. The lowest BCUT2D eigenvalue weighted by atomic mass is 10.1. The van der Waals surface area contributed by atoms with Crippen LogP contribution in [0.5, 0.6) is 11.5 Å². The average molecular weight is 366 g/mol. The van der Waals surface area contributed by atoms with Crippen LogP contribution in [0.25, 0.3) is 11.3 Å². The number of ether oxygens (including phenoxy) is 2. The van der Waals surface area contributed by atoms with Crippen molar-refractivity contribution in [2.45, 2.75) is 19.4 Å². The molecule has 0 fully saturated rings. The molecule has 0 aliphatic carbocycles. The molecular weight excluding hydrogens is 344 g/mol. The Morgan fingerprint density at radius 1 is 1.07 bits per heavy atom. The van der Waals surface area contributed by atoms with Gasteiger partial charge in [0.25, 0.3) is 0 Å². The Bertz CT molecular complexity index is 906. The molecule has 27 heavy (non-hydrogen) atoms. The van der Waals surface area contributed by atoms with Crippen LogP contribution in [0.1, 0.15) is 24.2 Å². The highest BCUT2D eigenvalue weighted by atomic mass is 16.5. The molecule has 3 aromatic rings. The van der Waals surface area contributed by atoms with Crippen molar-refractivity contribution in [3.8, 4) is 22.8 Å². The summed E-state index contributed by atoms with van der Waals surface area (Å²) < 4.78 is 15.9. The van der Waals surface area contributed by atoms with E-state index in [1.807, 2.05) is 43.3 Å². The molecule has 0 spiro atoms. The van der Waals surface area contributed by atoms with E-state index in [1.54, 1.807) is 32.4 Å². The van der Waals surface area contributed by atoms with Crippen molar-refractivity contribution in [1.82, 2.24) is 10.5 Å². The normalized spacial score (nSPS) is 11.7. The van der Waals surface area contributed by atoms with E-state index in [0.29, 0.717) is 23.0 Å². The van der Waals surface area contributed by atoms with Gasteiger partial charge in [0, 0.05) is 11.6 Å². The van der Waals surface area contributed by atoms with Gasteiger partial charge in [0.1, 0.15) is 0 Å². The number of nitrogens with zero attached hydrogens (tertiary/aromatic N) is 1. The minimum Gasteiger partial charge on any atom is -0.493 e. The smallest absolute Gasteiger partial charge is 0.226 e. The number of carbonyl (C=O) groups is 1. The van der Waals surface area contributed by atoms with E-state index in [1.165, 1.54) is 0 Å². The lowest BCUT2D eigenvalue weighted by Gasteiger charge is -2.13. The summed E-state index contributed by atoms with van der Waals surface area (Å²) in [5, 5.41) is 6.97. The molecule has 0 saturated carbocycles. The average Bonchev–Trinajstić information content (AvgIpc) is 3.16. The Hall–Kier alpha value is -3.28. The fourth-order valence-electron chi connectivity index (χ4n) is 2.80. The van der Waals surface area contributed by atoms with Crippen LogP contribution in [0.4, 0.5) is 0 Å². The molecule has 6 nitrogen and oxygen atoms in total. The van der Waals surface area contributed by atoms with Crippen LogP contribution in [0.2, 0.25) is 0 Å². The van der Waals surface area contributed by atoms with Crippen molar-refractivity contribution in [1.29, 1.82) is 0 Å². The van der Waals surface area contributed by atoms with Crippen LogP contribution in [0.3, 0.4) is 0 Å². The van der Waals surface area contributed by atoms with E-state index in [9.17, 15) is 4.79 Å². The van der Waals surface area contributed by atoms with Crippen LogP contribution < -0.4 is 14.8 Å². The molecule has 0 saturated heterocycles. The van der Waals surface area contributed by atoms with Gasteiger partial charge in [-0.1, -0.05) is 35.5 Å². The molecule has 0 bridgehead atoms. The van der Waals surface area contributed by atoms with Crippen LogP contribution in [0.15, 0.2) is 59.1 Å². The van der Waals surface area contributed by atoms with Crippen LogP contribution in [0, 0.1) is 0 Å². The third-order valence-electron chi connectivity index (χ3n) is 4.25. The number of hydrogen-bond acceptors (Lipinski definition) is 5. The van der Waals surface area contributed by atoms with E-state index in [2.05, 4.69) is 10.5 Å². The van der Waals surface area contributed by atoms with E-state index in [-0.39, 0.29) is 18.4 Å². The maximum Gasteiger partial charge on any atom is 0.226 e. The molecule has 1 amide bonds. The Kier molecular flexibility index (Phi) is 5.76. The topological polar surface area (TPSA) is 73.6 Å². The first kappa shape index (κ1) is 18.5. The molecule has 2 aromatic carbocycles. The van der Waals surface area contributed by atoms with Gasteiger partial charge >= 0.3 is 0 Å². The van der Waals surface area contributed by atoms with Gasteiger partial charge in [-0.3, -0.25) is 4.79 Å². The first-order chi connectivity index (χ1) is 13.1. The van der Waals surface area contributed by atoms with Gasteiger partial charge in [-0.25, -0.2) is 0 Å². The largest absolute Gasteiger partial charge is 0.493 e. The summed E-state index contributed by atoms with van der Waals surface area (Å²) in [6.07, 6.45) is 0.147. The Labute approximate surface area is 158 Å². The van der Waals surface area contributed by atoms with Gasteiger partial charge in [0.15, 0.2) is 17.3 Å². The number of aromatic nitrogens is 1. The molecule has 1 aromatic heterocycles. The van der Waals surface area contributed by atoms with Crippen molar-refractivity contribution < 1.29 is 18.8 Å². The highest BCUT2D eigenvalue weighted by molar-refractivity contribution is 5.79. The predicted molar refractivity (Wildman–Crippen MR) is 102 cm³/mol. The zero-order valence-corrected chi connectivity index (χ0v) is 15.6. The monoisotopic (exact) mass is 366 g/mol. The van der Waals surface area contributed by atoms with Gasteiger partial charge in [-0.05, 0) is 30.7 Å². The predicted octanol–water partition coefficient (Wildman–Crippen LogP) is 3.78. The molecule has 3 rings (SSSR count). The number of benzene rings is 2. The quantitative estimate of drug-likeness (QED) is 0.689. The molecule has 0 unspecified atom stereocenters. The van der Waals surface area contributed by atoms with Crippen LogP contribution in [-0.2, 0) is 11.2 Å². The number of rotatable bonds is 7. The van der Waals surface area contributed by atoms with Gasteiger partial charge in [-0.2, -0.15) is 0 Å². The molecule has 0 aliphatic heterocycles. The van der Waals surface area contributed by atoms with Crippen molar-refractivity contribution in [3.05, 3.63) is 65.9 Å². The zero-order chi connectivity index (χ0) is 19.2. The highest BCUT2D eigenvalue weighted by Crippen LogP contribution is 2.32. The number of amides is 1. The SMILES string of the molecule is COc1ccc(-c2cc(CC(=O)N[C@@H](C)c3ccccc3)no2)cc1OC. The minimum absolute atomic E-state index is 0.0732. The fourth-order valence-corrected chi connectivity index (χ4v) is 2.80. The number of methoxy groups -OCH3 is 2. The first-order valence-electron chi connectivity index (χ1n) is 8.63. The molecule has 1 N–H and O–H groups in total. The van der Waals surface area contributed by atoms with Crippen LogP contribution in [-0.4, -0.2) is 25.3 Å². The Balaban J connectivity index is 1.66. The Morgan fingerprint density at radius 2 is 1.81 bits per heavy atom. The van der Waals surface area contributed by atoms with Gasteiger partial charge < -0.3 is 19.3 Å². The summed E-state index contributed by atoms with van der Waals surface area (Å²) in [5.74, 6) is 1.69. The molecule has 6 heteroatoms. The molecular formula is C21H22N2O4. The third kappa shape index (κ3) is 4.47. The summed E-state index contributed by atoms with van der Waals surface area (Å²) in [7, 11) is 3.16. The van der Waals surface area contributed by atoms with Crippen LogP contribution >= 0.6 is 0 Å². The van der Waals surface area contributed by atoms with Crippen molar-refractivity contribution >= 4 is 5.91 Å². The third-order valence-corrected chi connectivity index (χ3v) is 4.25. The van der Waals surface area contributed by atoms with Crippen molar-refractivity contribution in [2.24, 2.45) is 0 Å². The van der Waals surface area contributed by atoms with E-state index in [4.69, 9.17) is 14.0 Å². The highest BCUT2D eigenvalue weighted by Gasteiger charge is 2.15. The molecule has 1 heterocycles. The zero-order valence-electron chi connectivity index (χ0n) is 15.6. The van der Waals surface area contributed by atoms with Gasteiger partial charge in [0.05, 0.1) is 32.4 Å². The van der Waals surface area contributed by atoms with Crippen molar-refractivity contribution in [2.75, 3.05) is 14.2 Å². The first-order valence-corrected chi connectivity index (χ1v) is 8.63. The maximum absolute atomic E-state index is 12.3. The summed E-state index contributed by atoms with van der Waals surface area (Å²) in [6.45, 7) is 1.95. The van der Waals surface area contributed by atoms with E-state index in [0.717, 1.165) is 11.1 Å². The summed E-state index contributed by atoms with van der Waals surface area (Å²) in [6, 6.07) is 16.9. The second-order valence-corrected chi connectivity index (χ2v) is 6.13. The number of hydrogen-bond donors (Lipinski definition) is 1. The van der Waals surface area contributed by atoms with Gasteiger partial charge in [0.2, 0.25) is 5.91 Å². The lowest BCUT2D eigenvalue weighted by Crippen LogP contribution is -2.28. The van der Waals surface area contributed by atoms with E-state index >= 15 is 0 Å². The summed E-state index contributed by atoms with van der Waals surface area (Å²) >= 11 is 0. The van der Waals surface area contributed by atoms with Gasteiger partial charge in [-0.15, -0.1) is 0 Å². The summed E-state index contributed by atoms with van der Waals surface area (Å²) in [4.78, 5) is 12.3. The number of nitrogens with one attached hydrogen (secondary N) is 1. The van der Waals surface area contributed by atoms with Crippen molar-refractivity contribution in [3.63, 3.8) is 0 Å². The molecule has 1 atom stereocenters. The minimum atomic E-state index is -0.112.